The minimum atomic E-state index is -0.0788. The van der Waals surface area contributed by atoms with Crippen LogP contribution < -0.4 is 5.56 Å². The van der Waals surface area contributed by atoms with Crippen molar-refractivity contribution in [3.63, 3.8) is 0 Å². The Morgan fingerprint density at radius 2 is 1.96 bits per heavy atom. The van der Waals surface area contributed by atoms with Crippen molar-refractivity contribution < 1.29 is 4.79 Å². The van der Waals surface area contributed by atoms with Crippen molar-refractivity contribution in [1.82, 2.24) is 9.88 Å². The highest BCUT2D eigenvalue weighted by Crippen LogP contribution is 2.21. The summed E-state index contributed by atoms with van der Waals surface area (Å²) in [6.45, 7) is 8.26. The minimum Gasteiger partial charge on any atom is -0.343 e. The lowest BCUT2D eigenvalue weighted by Gasteiger charge is -2.30. The van der Waals surface area contributed by atoms with Crippen LogP contribution in [-0.4, -0.2) is 28.9 Å². The van der Waals surface area contributed by atoms with Gasteiger partial charge in [0.1, 0.15) is 0 Å². The Morgan fingerprint density at radius 3 is 2.64 bits per heavy atom. The first-order valence-electron chi connectivity index (χ1n) is 9.37. The number of aromatic amines is 1. The fraction of sp³-hybridized carbons (Fsp3) is 0.524. The van der Waals surface area contributed by atoms with E-state index in [0.717, 1.165) is 36.8 Å². The average Bonchev–Trinajstić information content (AvgIpc) is 2.59. The van der Waals surface area contributed by atoms with Crippen LogP contribution >= 0.6 is 0 Å². The number of pyridine rings is 1. The predicted octanol–water partition coefficient (Wildman–Crippen LogP) is 3.84. The number of benzene rings is 1. The SMILES string of the molecule is CC1CCN(C(=O)CCc2cc3cc(C(C)C)ccc3[nH]c2=O)CC1. The van der Waals surface area contributed by atoms with E-state index in [1.807, 2.05) is 17.0 Å². The van der Waals surface area contributed by atoms with Crippen molar-refractivity contribution in [3.8, 4) is 0 Å². The molecule has 2 aromatic rings. The summed E-state index contributed by atoms with van der Waals surface area (Å²) in [5, 5.41) is 1.04. The summed E-state index contributed by atoms with van der Waals surface area (Å²) in [6, 6.07) is 8.11. The number of amides is 1. The van der Waals surface area contributed by atoms with E-state index in [1.54, 1.807) is 0 Å². The van der Waals surface area contributed by atoms with E-state index < -0.39 is 0 Å². The smallest absolute Gasteiger partial charge is 0.251 e. The second-order valence-corrected chi connectivity index (χ2v) is 7.69. The van der Waals surface area contributed by atoms with Crippen molar-refractivity contribution in [2.75, 3.05) is 13.1 Å². The number of aromatic nitrogens is 1. The molecule has 0 saturated carbocycles. The van der Waals surface area contributed by atoms with Crippen LogP contribution in [0.4, 0.5) is 0 Å². The first-order valence-corrected chi connectivity index (χ1v) is 9.37. The molecule has 0 bridgehead atoms. The second kappa shape index (κ2) is 7.42. The molecule has 1 aliphatic heterocycles. The number of nitrogens with one attached hydrogen (secondary N) is 1. The fourth-order valence-electron chi connectivity index (χ4n) is 3.47. The fourth-order valence-corrected chi connectivity index (χ4v) is 3.47. The zero-order chi connectivity index (χ0) is 18.0. The van der Waals surface area contributed by atoms with Gasteiger partial charge in [0.15, 0.2) is 0 Å². The molecular weight excluding hydrogens is 312 g/mol. The van der Waals surface area contributed by atoms with Crippen LogP contribution in [0.25, 0.3) is 10.9 Å². The highest BCUT2D eigenvalue weighted by atomic mass is 16.2. The predicted molar refractivity (Wildman–Crippen MR) is 102 cm³/mol. The molecule has 134 valence electrons. The van der Waals surface area contributed by atoms with E-state index in [9.17, 15) is 9.59 Å². The lowest BCUT2D eigenvalue weighted by atomic mass is 9.98. The molecule has 1 saturated heterocycles. The minimum absolute atomic E-state index is 0.0788. The molecule has 0 radical (unpaired) electrons. The summed E-state index contributed by atoms with van der Waals surface area (Å²) in [5.74, 6) is 1.33. The summed E-state index contributed by atoms with van der Waals surface area (Å²) >= 11 is 0. The molecule has 1 aliphatic rings. The van der Waals surface area contributed by atoms with Gasteiger partial charge >= 0.3 is 0 Å². The van der Waals surface area contributed by atoms with Crippen LogP contribution in [0.2, 0.25) is 0 Å². The van der Waals surface area contributed by atoms with Crippen LogP contribution in [0.5, 0.6) is 0 Å². The topological polar surface area (TPSA) is 53.2 Å². The van der Waals surface area contributed by atoms with Gasteiger partial charge < -0.3 is 9.88 Å². The van der Waals surface area contributed by atoms with Crippen LogP contribution in [-0.2, 0) is 11.2 Å². The van der Waals surface area contributed by atoms with Crippen LogP contribution in [0.3, 0.4) is 0 Å². The van der Waals surface area contributed by atoms with Gasteiger partial charge in [-0.05, 0) is 60.2 Å². The van der Waals surface area contributed by atoms with Crippen molar-refractivity contribution in [2.24, 2.45) is 5.92 Å². The Labute approximate surface area is 149 Å². The molecule has 4 heteroatoms. The van der Waals surface area contributed by atoms with Crippen LogP contribution in [0, 0.1) is 5.92 Å². The molecule has 0 aliphatic carbocycles. The summed E-state index contributed by atoms with van der Waals surface area (Å²) in [4.78, 5) is 29.6. The van der Waals surface area contributed by atoms with Gasteiger partial charge in [-0.25, -0.2) is 0 Å². The molecule has 0 spiro atoms. The Morgan fingerprint density at radius 1 is 1.24 bits per heavy atom. The van der Waals surface area contributed by atoms with Crippen LogP contribution in [0.15, 0.2) is 29.1 Å². The molecule has 1 aromatic heterocycles. The highest BCUT2D eigenvalue weighted by molar-refractivity contribution is 5.80. The Kier molecular flexibility index (Phi) is 5.26. The number of nitrogens with zero attached hydrogens (tertiary/aromatic N) is 1. The monoisotopic (exact) mass is 340 g/mol. The molecule has 0 atom stereocenters. The number of H-pyrrole nitrogens is 1. The van der Waals surface area contributed by atoms with E-state index in [4.69, 9.17) is 0 Å². The first kappa shape index (κ1) is 17.7. The standard InChI is InChI=1S/C21H28N2O2/c1-14(2)16-4-6-19-18(12-16)13-17(21(25)22-19)5-7-20(24)23-10-8-15(3)9-11-23/h4,6,12-15H,5,7-11H2,1-3H3,(H,22,25). The maximum Gasteiger partial charge on any atom is 0.251 e. The summed E-state index contributed by atoms with van der Waals surface area (Å²) in [6.07, 6.45) is 3.08. The third-order valence-corrected chi connectivity index (χ3v) is 5.36. The Balaban J connectivity index is 1.73. The molecular formula is C21H28N2O2. The quantitative estimate of drug-likeness (QED) is 0.919. The molecule has 25 heavy (non-hydrogen) atoms. The van der Waals surface area contributed by atoms with Crippen molar-refractivity contribution in [3.05, 3.63) is 45.7 Å². The number of hydrogen-bond donors (Lipinski definition) is 1. The van der Waals surface area contributed by atoms with E-state index in [2.05, 4.69) is 37.9 Å². The van der Waals surface area contributed by atoms with Gasteiger partial charge in [-0.2, -0.15) is 0 Å². The molecule has 1 N–H and O–H groups in total. The number of aryl methyl sites for hydroxylation is 1. The number of piperidine rings is 1. The number of hydrogen-bond acceptors (Lipinski definition) is 2. The average molecular weight is 340 g/mol. The van der Waals surface area contributed by atoms with Gasteiger partial charge in [0.25, 0.3) is 5.56 Å². The first-order chi connectivity index (χ1) is 11.9. The van der Waals surface area contributed by atoms with Gasteiger partial charge in [0.2, 0.25) is 5.91 Å². The normalized spacial score (nSPS) is 15.9. The Bertz CT molecular complexity index is 814. The van der Waals surface area contributed by atoms with Crippen molar-refractivity contribution >= 4 is 16.8 Å². The summed E-state index contributed by atoms with van der Waals surface area (Å²) in [5.41, 5.74) is 2.73. The second-order valence-electron chi connectivity index (χ2n) is 7.69. The zero-order valence-corrected chi connectivity index (χ0v) is 15.5. The third-order valence-electron chi connectivity index (χ3n) is 5.36. The van der Waals surface area contributed by atoms with Crippen molar-refractivity contribution in [1.29, 1.82) is 0 Å². The summed E-state index contributed by atoms with van der Waals surface area (Å²) < 4.78 is 0. The number of carbonyl (C=O) groups excluding carboxylic acids is 1. The lowest BCUT2D eigenvalue weighted by molar-refractivity contribution is -0.132. The number of fused-ring (bicyclic) bond motifs is 1. The molecule has 2 heterocycles. The largest absolute Gasteiger partial charge is 0.343 e. The molecule has 1 amide bonds. The van der Waals surface area contributed by atoms with Crippen molar-refractivity contribution in [2.45, 2.75) is 52.4 Å². The lowest BCUT2D eigenvalue weighted by Crippen LogP contribution is -2.38. The number of rotatable bonds is 4. The summed E-state index contributed by atoms with van der Waals surface area (Å²) in [7, 11) is 0. The van der Waals surface area contributed by atoms with Gasteiger partial charge in [0, 0.05) is 30.6 Å². The molecule has 1 fully saturated rings. The number of carbonyl (C=O) groups is 1. The maximum atomic E-state index is 12.4. The van der Waals surface area contributed by atoms with Gasteiger partial charge in [-0.1, -0.05) is 26.8 Å². The molecule has 4 nitrogen and oxygen atoms in total. The van der Waals surface area contributed by atoms with E-state index in [0.29, 0.717) is 30.2 Å². The zero-order valence-electron chi connectivity index (χ0n) is 15.5. The van der Waals surface area contributed by atoms with Crippen LogP contribution in [0.1, 0.15) is 57.1 Å². The molecule has 3 rings (SSSR count). The van der Waals surface area contributed by atoms with Gasteiger partial charge in [-0.3, -0.25) is 9.59 Å². The van der Waals surface area contributed by atoms with E-state index in [1.165, 1.54) is 5.56 Å². The molecule has 0 unspecified atom stereocenters. The third kappa shape index (κ3) is 4.12. The van der Waals surface area contributed by atoms with E-state index >= 15 is 0 Å². The van der Waals surface area contributed by atoms with E-state index in [-0.39, 0.29) is 11.5 Å². The van der Waals surface area contributed by atoms with Gasteiger partial charge in [0.05, 0.1) is 0 Å². The molecule has 1 aromatic carbocycles. The number of likely N-dealkylation sites (tertiary alicyclic amines) is 1. The highest BCUT2D eigenvalue weighted by Gasteiger charge is 2.20. The maximum absolute atomic E-state index is 12.4. The Hall–Kier alpha value is -2.10. The van der Waals surface area contributed by atoms with Gasteiger partial charge in [-0.15, -0.1) is 0 Å².